The average molecular weight is 199 g/mol. The van der Waals surface area contributed by atoms with Crippen LogP contribution in [0.3, 0.4) is 0 Å². The Kier molecular flexibility index (Phi) is 3.45. The third kappa shape index (κ3) is 2.87. The lowest BCUT2D eigenvalue weighted by molar-refractivity contribution is -0.137. The van der Waals surface area contributed by atoms with E-state index in [9.17, 15) is 9.59 Å². The van der Waals surface area contributed by atoms with Crippen LogP contribution in [-0.4, -0.2) is 17.5 Å². The SMILES string of the molecule is O=CN[C@H](CC(=O)O)c1ccsc1. The topological polar surface area (TPSA) is 66.4 Å². The van der Waals surface area contributed by atoms with Gasteiger partial charge in [0.2, 0.25) is 6.41 Å². The summed E-state index contributed by atoms with van der Waals surface area (Å²) < 4.78 is 0. The zero-order valence-electron chi connectivity index (χ0n) is 6.77. The number of nitrogens with one attached hydrogen (secondary N) is 1. The van der Waals surface area contributed by atoms with E-state index in [0.29, 0.717) is 6.41 Å². The molecule has 2 N–H and O–H groups in total. The molecule has 4 nitrogen and oxygen atoms in total. The van der Waals surface area contributed by atoms with Gasteiger partial charge in [-0.05, 0) is 22.4 Å². The zero-order chi connectivity index (χ0) is 9.68. The van der Waals surface area contributed by atoms with E-state index >= 15 is 0 Å². The highest BCUT2D eigenvalue weighted by atomic mass is 32.1. The Morgan fingerprint density at radius 1 is 1.77 bits per heavy atom. The summed E-state index contributed by atoms with van der Waals surface area (Å²) in [4.78, 5) is 20.6. The molecule has 1 heterocycles. The summed E-state index contributed by atoms with van der Waals surface area (Å²) in [6.07, 6.45) is 0.431. The minimum atomic E-state index is -0.925. The Hall–Kier alpha value is -1.36. The minimum Gasteiger partial charge on any atom is -0.481 e. The largest absolute Gasteiger partial charge is 0.481 e. The number of thiophene rings is 1. The van der Waals surface area contributed by atoms with Crippen LogP contribution in [0.2, 0.25) is 0 Å². The van der Waals surface area contributed by atoms with Crippen molar-refractivity contribution in [2.45, 2.75) is 12.5 Å². The fraction of sp³-hybridized carbons (Fsp3) is 0.250. The van der Waals surface area contributed by atoms with Gasteiger partial charge in [0.1, 0.15) is 0 Å². The van der Waals surface area contributed by atoms with Crippen LogP contribution in [0.4, 0.5) is 0 Å². The molecular formula is C8H9NO3S. The van der Waals surface area contributed by atoms with Crippen molar-refractivity contribution in [3.8, 4) is 0 Å². The molecule has 1 amide bonds. The van der Waals surface area contributed by atoms with Crippen molar-refractivity contribution >= 4 is 23.7 Å². The Morgan fingerprint density at radius 3 is 3.00 bits per heavy atom. The first-order valence-electron chi connectivity index (χ1n) is 3.67. The van der Waals surface area contributed by atoms with E-state index in [1.165, 1.54) is 11.3 Å². The lowest BCUT2D eigenvalue weighted by atomic mass is 10.1. The number of hydrogen-bond acceptors (Lipinski definition) is 3. The Bertz CT molecular complexity index is 284. The average Bonchev–Trinajstić information content (AvgIpc) is 2.54. The quantitative estimate of drug-likeness (QED) is 0.695. The van der Waals surface area contributed by atoms with Crippen molar-refractivity contribution in [3.63, 3.8) is 0 Å². The molecule has 0 aliphatic carbocycles. The van der Waals surface area contributed by atoms with Crippen molar-refractivity contribution < 1.29 is 14.7 Å². The number of carbonyl (C=O) groups excluding carboxylic acids is 1. The van der Waals surface area contributed by atoms with Crippen LogP contribution in [0.1, 0.15) is 18.0 Å². The van der Waals surface area contributed by atoms with Crippen LogP contribution >= 0.6 is 11.3 Å². The van der Waals surface area contributed by atoms with E-state index in [0.717, 1.165) is 5.56 Å². The van der Waals surface area contributed by atoms with E-state index in [2.05, 4.69) is 5.32 Å². The molecular weight excluding hydrogens is 190 g/mol. The molecule has 1 aromatic rings. The minimum absolute atomic E-state index is 0.0878. The molecule has 0 saturated carbocycles. The summed E-state index contributed by atoms with van der Waals surface area (Å²) in [5.74, 6) is -0.925. The molecule has 1 rings (SSSR count). The second-order valence-corrected chi connectivity index (χ2v) is 3.27. The molecule has 70 valence electrons. The van der Waals surface area contributed by atoms with Gasteiger partial charge in [0.05, 0.1) is 12.5 Å². The molecule has 0 unspecified atom stereocenters. The fourth-order valence-electron chi connectivity index (χ4n) is 1.00. The van der Waals surface area contributed by atoms with Gasteiger partial charge in [-0.25, -0.2) is 0 Å². The number of rotatable bonds is 5. The predicted octanol–water partition coefficient (Wildman–Crippen LogP) is 1.01. The highest BCUT2D eigenvalue weighted by Gasteiger charge is 2.14. The first-order chi connectivity index (χ1) is 6.24. The van der Waals surface area contributed by atoms with E-state index in [1.54, 1.807) is 6.07 Å². The maximum atomic E-state index is 10.4. The standard InChI is InChI=1S/C8H9NO3S/c10-5-9-7(3-8(11)12)6-1-2-13-4-6/h1-2,4-5,7H,3H2,(H,9,10)(H,11,12)/t7-/m1/s1. The smallest absolute Gasteiger partial charge is 0.305 e. The molecule has 0 aromatic carbocycles. The van der Waals surface area contributed by atoms with Gasteiger partial charge in [-0.1, -0.05) is 0 Å². The maximum absolute atomic E-state index is 10.4. The molecule has 1 atom stereocenters. The van der Waals surface area contributed by atoms with Gasteiger partial charge in [-0.3, -0.25) is 9.59 Å². The number of carboxylic acid groups (broad SMARTS) is 1. The van der Waals surface area contributed by atoms with Gasteiger partial charge in [0.15, 0.2) is 0 Å². The second-order valence-electron chi connectivity index (χ2n) is 2.49. The number of carbonyl (C=O) groups is 2. The normalized spacial score (nSPS) is 12.0. The summed E-state index contributed by atoms with van der Waals surface area (Å²) in [6, 6.07) is 1.38. The van der Waals surface area contributed by atoms with E-state index in [1.807, 2.05) is 10.8 Å². The highest BCUT2D eigenvalue weighted by Crippen LogP contribution is 2.18. The number of hydrogen-bond donors (Lipinski definition) is 2. The van der Waals surface area contributed by atoms with Gasteiger partial charge in [0, 0.05) is 0 Å². The van der Waals surface area contributed by atoms with E-state index in [-0.39, 0.29) is 6.42 Å². The lowest BCUT2D eigenvalue weighted by Crippen LogP contribution is -2.21. The lowest BCUT2D eigenvalue weighted by Gasteiger charge is -2.11. The molecule has 0 fully saturated rings. The van der Waals surface area contributed by atoms with Crippen LogP contribution in [0.5, 0.6) is 0 Å². The molecule has 0 aliphatic rings. The first kappa shape index (κ1) is 9.73. The van der Waals surface area contributed by atoms with Crippen molar-refractivity contribution in [2.24, 2.45) is 0 Å². The Labute approximate surface area is 79.2 Å². The number of carboxylic acids is 1. The third-order valence-corrected chi connectivity index (χ3v) is 2.29. The molecule has 0 spiro atoms. The molecule has 13 heavy (non-hydrogen) atoms. The van der Waals surface area contributed by atoms with Gasteiger partial charge >= 0.3 is 5.97 Å². The van der Waals surface area contributed by atoms with Crippen molar-refractivity contribution in [1.29, 1.82) is 0 Å². The first-order valence-corrected chi connectivity index (χ1v) is 4.62. The molecule has 0 aliphatic heterocycles. The molecule has 1 aromatic heterocycles. The Balaban J connectivity index is 2.67. The van der Waals surface area contributed by atoms with Crippen LogP contribution in [0, 0.1) is 0 Å². The Morgan fingerprint density at radius 2 is 2.54 bits per heavy atom. The van der Waals surface area contributed by atoms with Crippen LogP contribution in [0.15, 0.2) is 16.8 Å². The number of amides is 1. The fourth-order valence-corrected chi connectivity index (χ4v) is 1.72. The number of aliphatic carboxylic acids is 1. The molecule has 0 saturated heterocycles. The molecule has 0 radical (unpaired) electrons. The third-order valence-electron chi connectivity index (χ3n) is 1.59. The second kappa shape index (κ2) is 4.61. The van der Waals surface area contributed by atoms with Crippen LogP contribution < -0.4 is 5.32 Å². The maximum Gasteiger partial charge on any atom is 0.305 e. The summed E-state index contributed by atoms with van der Waals surface area (Å²) in [5, 5.41) is 14.7. The van der Waals surface area contributed by atoms with Crippen molar-refractivity contribution in [2.75, 3.05) is 0 Å². The van der Waals surface area contributed by atoms with Crippen LogP contribution in [0.25, 0.3) is 0 Å². The summed E-state index contributed by atoms with van der Waals surface area (Å²) in [7, 11) is 0. The van der Waals surface area contributed by atoms with E-state index < -0.39 is 12.0 Å². The van der Waals surface area contributed by atoms with Gasteiger partial charge in [0.25, 0.3) is 0 Å². The van der Waals surface area contributed by atoms with Crippen molar-refractivity contribution in [1.82, 2.24) is 5.32 Å². The summed E-state index contributed by atoms with van der Waals surface area (Å²) in [5.41, 5.74) is 0.833. The van der Waals surface area contributed by atoms with Crippen molar-refractivity contribution in [3.05, 3.63) is 22.4 Å². The zero-order valence-corrected chi connectivity index (χ0v) is 7.58. The van der Waals surface area contributed by atoms with Gasteiger partial charge in [-0.15, -0.1) is 0 Å². The van der Waals surface area contributed by atoms with Gasteiger partial charge in [-0.2, -0.15) is 11.3 Å². The molecule has 0 bridgehead atoms. The summed E-state index contributed by atoms with van der Waals surface area (Å²) >= 11 is 1.47. The molecule has 5 heteroatoms. The highest BCUT2D eigenvalue weighted by molar-refractivity contribution is 7.07. The van der Waals surface area contributed by atoms with Gasteiger partial charge < -0.3 is 10.4 Å². The van der Waals surface area contributed by atoms with E-state index in [4.69, 9.17) is 5.11 Å². The predicted molar refractivity (Wildman–Crippen MR) is 48.5 cm³/mol. The van der Waals surface area contributed by atoms with Crippen LogP contribution in [-0.2, 0) is 9.59 Å². The summed E-state index contributed by atoms with van der Waals surface area (Å²) in [6.45, 7) is 0. The monoisotopic (exact) mass is 199 g/mol.